The summed E-state index contributed by atoms with van der Waals surface area (Å²) in [6.45, 7) is 9.08. The molecular formula is C140H128N6. The number of nitrogens with zero attached hydrogens (tertiary/aromatic N) is 6. The van der Waals surface area contributed by atoms with E-state index in [9.17, 15) is 0 Å². The van der Waals surface area contributed by atoms with Gasteiger partial charge in [0, 0.05) is 58.2 Å². The average molecular weight is 1890 g/mol. The van der Waals surface area contributed by atoms with Crippen molar-refractivity contribution < 1.29 is 0 Å². The minimum absolute atomic E-state index is 0.764. The molecule has 0 N–H and O–H groups in total. The molecule has 14 aromatic carbocycles. The summed E-state index contributed by atoms with van der Waals surface area (Å²) in [6, 6.07) is 134. The molecule has 0 spiro atoms. The van der Waals surface area contributed by atoms with E-state index in [0.29, 0.717) is 0 Å². The lowest BCUT2D eigenvalue weighted by molar-refractivity contribution is 0.356. The first-order valence-electron chi connectivity index (χ1n) is 54.1. The van der Waals surface area contributed by atoms with E-state index < -0.39 is 0 Å². The third kappa shape index (κ3) is 20.9. The number of hydrogen-bond acceptors (Lipinski definition) is 6. The highest BCUT2D eigenvalue weighted by atomic mass is 14.8. The zero-order valence-electron chi connectivity index (χ0n) is 84.9. The lowest BCUT2D eigenvalue weighted by atomic mass is 9.84. The predicted octanol–water partition coefficient (Wildman–Crippen LogP) is 37.8. The molecule has 0 aliphatic heterocycles. The molecular weight excluding hydrogens is 1770 g/mol. The van der Waals surface area contributed by atoms with Gasteiger partial charge in [0.25, 0.3) is 0 Å². The average Bonchev–Trinajstić information content (AvgIpc) is 0.761. The van der Waals surface area contributed by atoms with Gasteiger partial charge in [-0.2, -0.15) is 0 Å². The van der Waals surface area contributed by atoms with Gasteiger partial charge in [-0.1, -0.05) is 420 Å². The fourth-order valence-electron chi connectivity index (χ4n) is 24.3. The molecule has 4 saturated carbocycles. The highest BCUT2D eigenvalue weighted by Gasteiger charge is 2.26. The minimum Gasteiger partial charge on any atom is -0.256 e. The molecule has 4 aliphatic carbocycles. The first-order valence-corrected chi connectivity index (χ1v) is 54.1. The molecule has 5 aromatic heterocycles. The van der Waals surface area contributed by atoms with Gasteiger partial charge < -0.3 is 0 Å². The summed E-state index contributed by atoms with van der Waals surface area (Å²) in [7, 11) is 0. The second kappa shape index (κ2) is 43.4. The summed E-state index contributed by atoms with van der Waals surface area (Å²) in [6.07, 6.45) is 41.7. The highest BCUT2D eigenvalue weighted by molar-refractivity contribution is 5.98. The van der Waals surface area contributed by atoms with Crippen molar-refractivity contribution in [3.8, 4) is 201 Å². The highest BCUT2D eigenvalue weighted by Crippen LogP contribution is 2.49. The van der Waals surface area contributed by atoms with Gasteiger partial charge in [-0.3, -0.25) is 19.9 Å². The van der Waals surface area contributed by atoms with Crippen molar-refractivity contribution in [2.24, 2.45) is 23.7 Å². The molecule has 19 aromatic rings. The molecule has 4 fully saturated rings. The van der Waals surface area contributed by atoms with Gasteiger partial charge in [-0.05, 0) is 322 Å². The second-order valence-corrected chi connectivity index (χ2v) is 42.4. The van der Waals surface area contributed by atoms with Crippen LogP contribution in [0.5, 0.6) is 0 Å². The molecule has 0 unspecified atom stereocenters. The molecule has 5 heterocycles. The Balaban J connectivity index is 0.549. The summed E-state index contributed by atoms with van der Waals surface area (Å²) < 4.78 is 0. The molecule has 23 rings (SSSR count). The molecule has 0 amide bonds. The van der Waals surface area contributed by atoms with Crippen LogP contribution < -0.4 is 0 Å². The van der Waals surface area contributed by atoms with Gasteiger partial charge >= 0.3 is 0 Å². The first-order chi connectivity index (χ1) is 71.9. The van der Waals surface area contributed by atoms with Gasteiger partial charge in [0.2, 0.25) is 0 Å². The zero-order chi connectivity index (χ0) is 98.2. The maximum absolute atomic E-state index is 5.11. The number of pyridine rings is 4. The van der Waals surface area contributed by atoms with Gasteiger partial charge in [-0.25, -0.2) is 9.97 Å². The maximum atomic E-state index is 5.11. The quantitative estimate of drug-likeness (QED) is 0.0538. The fourth-order valence-corrected chi connectivity index (χ4v) is 24.3. The summed E-state index contributed by atoms with van der Waals surface area (Å²) in [5.74, 6) is 3.05. The van der Waals surface area contributed by atoms with Crippen LogP contribution in [-0.2, 0) is 25.7 Å². The van der Waals surface area contributed by atoms with Crippen LogP contribution in [0.25, 0.3) is 201 Å². The van der Waals surface area contributed by atoms with Crippen molar-refractivity contribution in [1.29, 1.82) is 0 Å². The van der Waals surface area contributed by atoms with Crippen molar-refractivity contribution in [2.45, 2.75) is 182 Å². The second-order valence-electron chi connectivity index (χ2n) is 42.4. The number of rotatable bonds is 26. The summed E-state index contributed by atoms with van der Waals surface area (Å²) in [5, 5.41) is 0. The Morgan fingerprint density at radius 1 is 0.158 bits per heavy atom. The largest absolute Gasteiger partial charge is 0.256 e. The Labute approximate surface area is 863 Å². The van der Waals surface area contributed by atoms with Gasteiger partial charge in [0.15, 0.2) is 0 Å². The monoisotopic (exact) mass is 1890 g/mol. The SMILES string of the molecule is Cc1cc(-c2ccc(-c3ccccc3-c3cc(-c4ccccc4-c4ccc(-c5cc(-c6ccc(-c7ccccc7-c7cc(-c8ccccc8-c8ccc(-c9cc(C)c(CC%10CCCCC%10)cn9)cc8)cc(-c8ccccc8-c8ccc(-c9cc(C)c(CC%10CCCCC%10)cn9)cc8)c7)cc6)ncn5)cc4)cc(-c4ccccc4-c4ccc(-c5cc(C)c(CC6CCCCC6)cn5)cc4)c3)cc2)ncc1CC1CCCCC1. The summed E-state index contributed by atoms with van der Waals surface area (Å²) in [5.41, 5.74) is 50.7. The maximum Gasteiger partial charge on any atom is 0.116 e. The Kier molecular flexibility index (Phi) is 28.0. The molecule has 0 saturated heterocycles. The van der Waals surface area contributed by atoms with Crippen LogP contribution in [0, 0.1) is 51.4 Å². The fraction of sp³-hybridized carbons (Fsp3) is 0.229. The number of aromatic nitrogens is 6. The molecule has 6 nitrogen and oxygen atoms in total. The molecule has 6 heteroatoms. The molecule has 718 valence electrons. The predicted molar refractivity (Wildman–Crippen MR) is 611 cm³/mol. The van der Waals surface area contributed by atoms with Crippen molar-refractivity contribution in [2.75, 3.05) is 0 Å². The summed E-state index contributed by atoms with van der Waals surface area (Å²) >= 11 is 0. The third-order valence-electron chi connectivity index (χ3n) is 32.7. The Morgan fingerprint density at radius 3 is 0.473 bits per heavy atom. The van der Waals surface area contributed by atoms with Gasteiger partial charge in [0.05, 0.1) is 34.2 Å². The van der Waals surface area contributed by atoms with Crippen LogP contribution in [0.1, 0.15) is 173 Å². The van der Waals surface area contributed by atoms with Crippen LogP contribution in [-0.4, -0.2) is 29.9 Å². The van der Waals surface area contributed by atoms with E-state index in [1.54, 1.807) is 6.33 Å². The lowest BCUT2D eigenvalue weighted by Crippen LogP contribution is -2.10. The molecule has 0 radical (unpaired) electrons. The Morgan fingerprint density at radius 2 is 0.308 bits per heavy atom. The molecule has 146 heavy (non-hydrogen) atoms. The number of hydrogen-bond donors (Lipinski definition) is 0. The van der Waals surface area contributed by atoms with Crippen LogP contribution in [0.4, 0.5) is 0 Å². The molecule has 0 bridgehead atoms. The van der Waals surface area contributed by atoms with E-state index in [4.69, 9.17) is 29.9 Å². The Bertz CT molecular complexity index is 7070. The van der Waals surface area contributed by atoms with Crippen LogP contribution in [0.2, 0.25) is 0 Å². The van der Waals surface area contributed by atoms with Crippen LogP contribution >= 0.6 is 0 Å². The van der Waals surface area contributed by atoms with E-state index >= 15 is 0 Å². The van der Waals surface area contributed by atoms with Crippen molar-refractivity contribution in [1.82, 2.24) is 29.9 Å². The minimum atomic E-state index is 0.764. The molecule has 4 aliphatic rings. The van der Waals surface area contributed by atoms with Crippen molar-refractivity contribution in [3.05, 3.63) is 434 Å². The Hall–Kier alpha value is -15.2. The van der Waals surface area contributed by atoms with Crippen LogP contribution in [0.15, 0.2) is 389 Å². The van der Waals surface area contributed by atoms with Gasteiger partial charge in [-0.15, -0.1) is 0 Å². The van der Waals surface area contributed by atoms with E-state index in [0.717, 1.165) is 228 Å². The third-order valence-corrected chi connectivity index (χ3v) is 32.7. The first kappa shape index (κ1) is 94.3. The van der Waals surface area contributed by atoms with Gasteiger partial charge in [0.1, 0.15) is 6.33 Å². The standard InChI is InChI=1S/C140H128N6/c1-93-73-135(141-88-119(93)77-97-29-9-5-10-30-97)107-61-49-101(50-62-107)123-37-17-23-43-129(123)113-81-114(130-44-24-18-38-124(130)102-51-63-108(64-52-102)136-74-94(2)120(89-142-136)78-98-31-11-6-12-32-98)84-117(83-113)133-47-27-21-41-127(133)105-57-69-111(70-58-105)139-87-140(146-92-145-139)112-71-59-106(60-72-112)128-42-22-28-48-134(128)118-85-115(131-45-25-19-39-125(131)103-53-65-109(66-54-103)137-75-95(3)121(90-143-137)79-99-33-13-7-14-34-99)82-116(86-118)132-46-26-20-40-126(132)104-55-67-110(68-56-104)138-76-96(4)122(91-144-138)80-100-35-15-8-16-36-100/h17-28,37-76,81-92,97-100H,5-16,29-36,77-80H2,1-4H3. The van der Waals surface area contributed by atoms with E-state index in [2.05, 4.69) is 410 Å². The van der Waals surface area contributed by atoms with Crippen molar-refractivity contribution in [3.63, 3.8) is 0 Å². The number of aryl methyl sites for hydroxylation is 4. The number of benzene rings is 14. The van der Waals surface area contributed by atoms with E-state index in [-0.39, 0.29) is 0 Å². The topological polar surface area (TPSA) is 77.3 Å². The normalized spacial score (nSPS) is 14.4. The summed E-state index contributed by atoms with van der Waals surface area (Å²) in [4.78, 5) is 30.4. The zero-order valence-corrected chi connectivity index (χ0v) is 84.9. The molecule has 0 atom stereocenters. The van der Waals surface area contributed by atoms with E-state index in [1.807, 2.05) is 0 Å². The van der Waals surface area contributed by atoms with Crippen molar-refractivity contribution >= 4 is 0 Å². The smallest absolute Gasteiger partial charge is 0.116 e. The van der Waals surface area contributed by atoms with Crippen LogP contribution in [0.3, 0.4) is 0 Å². The van der Waals surface area contributed by atoms with E-state index in [1.165, 1.54) is 195 Å². The lowest BCUT2D eigenvalue weighted by Gasteiger charge is -2.22.